The molecule has 1 fully saturated rings. The normalized spacial score (nSPS) is 22.0. The molecular weight excluding hydrogens is 352 g/mol. The van der Waals surface area contributed by atoms with Gasteiger partial charge in [0.05, 0.1) is 10.9 Å². The number of benzene rings is 1. The van der Waals surface area contributed by atoms with Gasteiger partial charge in [-0.3, -0.25) is 9.10 Å². The number of carbonyl (C=O) groups is 1. The standard InChI is InChI=1S/C18H22N4O3S/c1-2-3-11-18(20-21-18)12-9-17(23)19-14-16-10-13-22(26(16,24)25)15-7-5-4-6-8-15/h1,4-8,16H,3,9-14H2,(H,19,23). The van der Waals surface area contributed by atoms with E-state index in [0.29, 0.717) is 37.9 Å². The van der Waals surface area contributed by atoms with E-state index in [0.717, 1.165) is 0 Å². The van der Waals surface area contributed by atoms with Gasteiger partial charge in [0, 0.05) is 38.8 Å². The van der Waals surface area contributed by atoms with Crippen LogP contribution >= 0.6 is 0 Å². The second-order valence-corrected chi connectivity index (χ2v) is 8.69. The summed E-state index contributed by atoms with van der Waals surface area (Å²) in [6, 6.07) is 9.01. The van der Waals surface area contributed by atoms with Crippen LogP contribution in [0.4, 0.5) is 5.69 Å². The molecular formula is C18H22N4O3S. The molecule has 0 saturated carbocycles. The van der Waals surface area contributed by atoms with Crippen LogP contribution in [-0.2, 0) is 14.8 Å². The quantitative estimate of drug-likeness (QED) is 0.706. The molecule has 2 aliphatic rings. The average molecular weight is 374 g/mol. The number of amides is 1. The number of anilines is 1. The topological polar surface area (TPSA) is 91.2 Å². The highest BCUT2D eigenvalue weighted by Crippen LogP contribution is 2.37. The molecule has 1 aromatic carbocycles. The smallest absolute Gasteiger partial charge is 0.239 e. The predicted octanol–water partition coefficient (Wildman–Crippen LogP) is 2.07. The van der Waals surface area contributed by atoms with E-state index < -0.39 is 20.9 Å². The number of para-hydroxylation sites is 1. The molecule has 1 N–H and O–H groups in total. The van der Waals surface area contributed by atoms with Crippen LogP contribution in [0.2, 0.25) is 0 Å². The van der Waals surface area contributed by atoms with Gasteiger partial charge in [-0.05, 0) is 18.6 Å². The maximum absolute atomic E-state index is 12.7. The van der Waals surface area contributed by atoms with Gasteiger partial charge in [-0.1, -0.05) is 18.2 Å². The maximum Gasteiger partial charge on any atom is 0.239 e. The summed E-state index contributed by atoms with van der Waals surface area (Å²) in [5, 5.41) is 10.1. The second-order valence-electron chi connectivity index (χ2n) is 6.55. The molecule has 1 unspecified atom stereocenters. The largest absolute Gasteiger partial charge is 0.355 e. The molecule has 2 heterocycles. The van der Waals surface area contributed by atoms with Gasteiger partial charge in [0.1, 0.15) is 0 Å². The van der Waals surface area contributed by atoms with Crippen molar-refractivity contribution in [1.29, 1.82) is 0 Å². The lowest BCUT2D eigenvalue weighted by Gasteiger charge is -2.19. The number of hydrogen-bond acceptors (Lipinski definition) is 5. The Hall–Kier alpha value is -2.40. The Morgan fingerprint density at radius 1 is 1.31 bits per heavy atom. The highest BCUT2D eigenvalue weighted by atomic mass is 32.2. The summed E-state index contributed by atoms with van der Waals surface area (Å²) in [5.74, 6) is 2.36. The summed E-state index contributed by atoms with van der Waals surface area (Å²) < 4.78 is 26.8. The summed E-state index contributed by atoms with van der Waals surface area (Å²) in [7, 11) is -3.46. The van der Waals surface area contributed by atoms with E-state index >= 15 is 0 Å². The van der Waals surface area contributed by atoms with Crippen LogP contribution in [-0.4, -0.2) is 38.3 Å². The van der Waals surface area contributed by atoms with E-state index in [1.54, 1.807) is 12.1 Å². The van der Waals surface area contributed by atoms with Crippen molar-refractivity contribution in [2.75, 3.05) is 17.4 Å². The minimum Gasteiger partial charge on any atom is -0.355 e. The van der Waals surface area contributed by atoms with Gasteiger partial charge < -0.3 is 5.32 Å². The number of hydrogen-bond donors (Lipinski definition) is 1. The van der Waals surface area contributed by atoms with Crippen LogP contribution in [0.15, 0.2) is 40.6 Å². The van der Waals surface area contributed by atoms with E-state index in [4.69, 9.17) is 6.42 Å². The summed E-state index contributed by atoms with van der Waals surface area (Å²) in [4.78, 5) is 12.1. The molecule has 0 radical (unpaired) electrons. The maximum atomic E-state index is 12.7. The minimum atomic E-state index is -3.46. The van der Waals surface area contributed by atoms with Gasteiger partial charge in [-0.15, -0.1) is 12.3 Å². The van der Waals surface area contributed by atoms with Gasteiger partial charge in [0.25, 0.3) is 0 Å². The molecule has 1 aromatic rings. The van der Waals surface area contributed by atoms with Gasteiger partial charge in [-0.2, -0.15) is 10.2 Å². The predicted molar refractivity (Wildman–Crippen MR) is 99.0 cm³/mol. The first kappa shape index (κ1) is 18.4. The molecule has 0 aliphatic carbocycles. The number of nitrogens with one attached hydrogen (secondary N) is 1. The zero-order chi connectivity index (χ0) is 18.6. The lowest BCUT2D eigenvalue weighted by Crippen LogP contribution is -2.38. The van der Waals surface area contributed by atoms with Crippen molar-refractivity contribution in [2.45, 2.75) is 43.0 Å². The molecule has 0 aromatic heterocycles. The third-order valence-corrected chi connectivity index (χ3v) is 7.01. The SMILES string of the molecule is C#CCCC1(CCC(=O)NCC2CCN(c3ccccc3)S2(=O)=O)N=N1. The van der Waals surface area contributed by atoms with Crippen LogP contribution in [0.3, 0.4) is 0 Å². The van der Waals surface area contributed by atoms with Gasteiger partial charge >= 0.3 is 0 Å². The van der Waals surface area contributed by atoms with E-state index in [1.807, 2.05) is 18.2 Å². The number of nitrogens with zero attached hydrogens (tertiary/aromatic N) is 3. The molecule has 0 bridgehead atoms. The first-order valence-electron chi connectivity index (χ1n) is 8.68. The fraction of sp³-hybridized carbons (Fsp3) is 0.500. The number of rotatable bonds is 8. The Bertz CT molecular complexity index is 824. The van der Waals surface area contributed by atoms with E-state index in [1.165, 1.54) is 4.31 Å². The summed E-state index contributed by atoms with van der Waals surface area (Å²) >= 11 is 0. The lowest BCUT2D eigenvalue weighted by molar-refractivity contribution is -0.121. The highest BCUT2D eigenvalue weighted by Gasteiger charge is 2.40. The lowest BCUT2D eigenvalue weighted by atomic mass is 10.0. The molecule has 8 heteroatoms. The van der Waals surface area contributed by atoms with Crippen molar-refractivity contribution in [3.63, 3.8) is 0 Å². The molecule has 26 heavy (non-hydrogen) atoms. The van der Waals surface area contributed by atoms with Crippen LogP contribution in [0.25, 0.3) is 0 Å². The van der Waals surface area contributed by atoms with Gasteiger partial charge in [-0.25, -0.2) is 8.42 Å². The van der Waals surface area contributed by atoms with Crippen LogP contribution in [0, 0.1) is 12.3 Å². The molecule has 0 spiro atoms. The van der Waals surface area contributed by atoms with Crippen molar-refractivity contribution < 1.29 is 13.2 Å². The fourth-order valence-electron chi connectivity index (χ4n) is 3.09. The van der Waals surface area contributed by atoms with Crippen molar-refractivity contribution in [3.05, 3.63) is 30.3 Å². The van der Waals surface area contributed by atoms with Gasteiger partial charge in [0.15, 0.2) is 5.66 Å². The number of sulfonamides is 1. The highest BCUT2D eigenvalue weighted by molar-refractivity contribution is 7.93. The molecule has 3 rings (SSSR count). The van der Waals surface area contributed by atoms with Crippen molar-refractivity contribution in [3.8, 4) is 12.3 Å². The van der Waals surface area contributed by atoms with Crippen molar-refractivity contribution in [2.24, 2.45) is 10.2 Å². The summed E-state index contributed by atoms with van der Waals surface area (Å²) in [6.07, 6.45) is 7.73. The molecule has 1 atom stereocenters. The first-order chi connectivity index (χ1) is 12.5. The third kappa shape index (κ3) is 4.05. The number of carbonyl (C=O) groups excluding carboxylic acids is 1. The zero-order valence-corrected chi connectivity index (χ0v) is 15.3. The Labute approximate surface area is 153 Å². The van der Waals surface area contributed by atoms with E-state index in [-0.39, 0.29) is 18.9 Å². The van der Waals surface area contributed by atoms with Gasteiger partial charge in [0.2, 0.25) is 15.9 Å². The van der Waals surface area contributed by atoms with Crippen LogP contribution in [0.5, 0.6) is 0 Å². The molecule has 1 amide bonds. The Morgan fingerprint density at radius 3 is 2.69 bits per heavy atom. The first-order valence-corrected chi connectivity index (χ1v) is 10.2. The minimum absolute atomic E-state index is 0.121. The van der Waals surface area contributed by atoms with E-state index in [2.05, 4.69) is 21.5 Å². The Kier molecular flexibility index (Phi) is 5.28. The number of terminal acetylenes is 1. The molecule has 138 valence electrons. The van der Waals surface area contributed by atoms with Crippen molar-refractivity contribution >= 4 is 21.6 Å². The summed E-state index contributed by atoms with van der Waals surface area (Å²) in [5.41, 5.74) is 0.168. The van der Waals surface area contributed by atoms with E-state index in [9.17, 15) is 13.2 Å². The fourth-order valence-corrected chi connectivity index (χ4v) is 4.93. The molecule has 2 aliphatic heterocycles. The average Bonchev–Trinajstić information content (AvgIpc) is 3.35. The zero-order valence-electron chi connectivity index (χ0n) is 14.5. The Balaban J connectivity index is 1.48. The monoisotopic (exact) mass is 374 g/mol. The van der Waals surface area contributed by atoms with Crippen LogP contribution < -0.4 is 9.62 Å². The summed E-state index contributed by atoms with van der Waals surface area (Å²) in [6.45, 7) is 0.552. The molecule has 7 nitrogen and oxygen atoms in total. The molecule has 1 saturated heterocycles. The third-order valence-electron chi connectivity index (χ3n) is 4.76. The van der Waals surface area contributed by atoms with Crippen LogP contribution in [0.1, 0.15) is 32.1 Å². The van der Waals surface area contributed by atoms with Crippen molar-refractivity contribution in [1.82, 2.24) is 5.32 Å². The Morgan fingerprint density at radius 2 is 2.04 bits per heavy atom. The second kappa shape index (κ2) is 7.46.